The van der Waals surface area contributed by atoms with Gasteiger partial charge in [-0.3, -0.25) is 14.0 Å². The molecule has 1 amide bonds. The summed E-state index contributed by atoms with van der Waals surface area (Å²) in [6.45, 7) is 3.65. The van der Waals surface area contributed by atoms with Gasteiger partial charge in [0.1, 0.15) is 0 Å². The van der Waals surface area contributed by atoms with Crippen LogP contribution in [0.25, 0.3) is 10.2 Å². The number of benzene rings is 3. The van der Waals surface area contributed by atoms with E-state index in [1.54, 1.807) is 17.0 Å². The van der Waals surface area contributed by atoms with Gasteiger partial charge in [-0.1, -0.05) is 41.1 Å². The number of aryl methyl sites for hydroxylation is 1. The second-order valence-electron chi connectivity index (χ2n) is 9.66. The molecule has 10 heteroatoms. The minimum Gasteiger partial charge on any atom is -0.309 e. The van der Waals surface area contributed by atoms with E-state index in [1.807, 2.05) is 57.4 Å². The van der Waals surface area contributed by atoms with E-state index in [0.717, 1.165) is 34.3 Å². The molecular weight excluding hydrogens is 540 g/mol. The number of hydrogen-bond donors (Lipinski definition) is 0. The van der Waals surface area contributed by atoms with E-state index >= 15 is 0 Å². The number of hydrogen-bond acceptors (Lipinski definition) is 6. The molecule has 38 heavy (non-hydrogen) atoms. The molecule has 0 aliphatic carbocycles. The highest BCUT2D eigenvalue weighted by atomic mass is 35.5. The van der Waals surface area contributed by atoms with Gasteiger partial charge >= 0.3 is 0 Å². The molecule has 0 saturated carbocycles. The molecule has 0 unspecified atom stereocenters. The number of anilines is 2. The van der Waals surface area contributed by atoms with E-state index in [9.17, 15) is 13.2 Å². The highest BCUT2D eigenvalue weighted by Gasteiger charge is 2.31. The molecule has 1 aliphatic heterocycles. The molecule has 1 aromatic heterocycles. The van der Waals surface area contributed by atoms with Crippen LogP contribution in [0.15, 0.2) is 65.6 Å². The lowest BCUT2D eigenvalue weighted by Gasteiger charge is -2.22. The second kappa shape index (κ2) is 10.6. The fourth-order valence-electron chi connectivity index (χ4n) is 4.70. The molecule has 0 radical (unpaired) electrons. The van der Waals surface area contributed by atoms with Gasteiger partial charge in [0.15, 0.2) is 5.13 Å². The standard InChI is InChI=1S/C28H29ClN4O3S2/c1-19-17-22(29)18-25-26(19)30-28(37-25)32(15-6-14-31(2)3)27(34)21-9-11-23(12-10-21)38(35,36)33-16-13-20-7-4-5-8-24(20)33/h4-5,7-12,17-18H,6,13-16H2,1-3H3. The number of amides is 1. The Morgan fingerprint density at radius 1 is 1.08 bits per heavy atom. The first-order valence-corrected chi connectivity index (χ1v) is 15.0. The summed E-state index contributed by atoms with van der Waals surface area (Å²) in [5, 5.41) is 1.23. The van der Waals surface area contributed by atoms with E-state index in [-0.39, 0.29) is 10.8 Å². The highest BCUT2D eigenvalue weighted by Crippen LogP contribution is 2.35. The van der Waals surface area contributed by atoms with E-state index in [2.05, 4.69) is 4.90 Å². The Labute approximate surface area is 232 Å². The van der Waals surface area contributed by atoms with E-state index in [1.165, 1.54) is 27.8 Å². The van der Waals surface area contributed by atoms with Gasteiger partial charge in [0.05, 0.1) is 20.8 Å². The van der Waals surface area contributed by atoms with Crippen molar-refractivity contribution in [3.05, 3.63) is 82.4 Å². The van der Waals surface area contributed by atoms with Gasteiger partial charge in [0.2, 0.25) is 0 Å². The number of thiazole rings is 1. The maximum absolute atomic E-state index is 13.7. The molecule has 0 N–H and O–H groups in total. The van der Waals surface area contributed by atoms with Crippen LogP contribution in [-0.2, 0) is 16.4 Å². The Morgan fingerprint density at radius 3 is 2.55 bits per heavy atom. The predicted molar refractivity (Wildman–Crippen MR) is 155 cm³/mol. The van der Waals surface area contributed by atoms with Crippen molar-refractivity contribution in [1.82, 2.24) is 9.88 Å². The molecule has 0 fully saturated rings. The molecule has 7 nitrogen and oxygen atoms in total. The van der Waals surface area contributed by atoms with Crippen LogP contribution in [0.1, 0.15) is 27.9 Å². The number of nitrogens with zero attached hydrogens (tertiary/aromatic N) is 4. The van der Waals surface area contributed by atoms with Crippen LogP contribution >= 0.6 is 22.9 Å². The van der Waals surface area contributed by atoms with Gasteiger partial charge in [-0.15, -0.1) is 0 Å². The lowest BCUT2D eigenvalue weighted by molar-refractivity contribution is 0.0986. The maximum Gasteiger partial charge on any atom is 0.264 e. The smallest absolute Gasteiger partial charge is 0.264 e. The average Bonchev–Trinajstić information content (AvgIpc) is 3.51. The number of fused-ring (bicyclic) bond motifs is 2. The van der Waals surface area contributed by atoms with Crippen LogP contribution < -0.4 is 9.21 Å². The number of aromatic nitrogens is 1. The summed E-state index contributed by atoms with van der Waals surface area (Å²) >= 11 is 7.68. The van der Waals surface area contributed by atoms with Crippen LogP contribution in [0.2, 0.25) is 5.02 Å². The summed E-state index contributed by atoms with van der Waals surface area (Å²) < 4.78 is 29.2. The molecule has 5 rings (SSSR count). The minimum atomic E-state index is -3.74. The quantitative estimate of drug-likeness (QED) is 0.276. The Bertz CT molecular complexity index is 1600. The zero-order valence-corrected chi connectivity index (χ0v) is 23.9. The van der Waals surface area contributed by atoms with E-state index < -0.39 is 10.0 Å². The Hall–Kier alpha value is -2.98. The monoisotopic (exact) mass is 568 g/mol. The number of carbonyl (C=O) groups excluding carboxylic acids is 1. The van der Waals surface area contributed by atoms with Crippen LogP contribution in [0.4, 0.5) is 10.8 Å². The molecular formula is C28H29ClN4O3S2. The first-order chi connectivity index (χ1) is 18.1. The van der Waals surface area contributed by atoms with Gasteiger partial charge in [-0.25, -0.2) is 13.4 Å². The number of carbonyl (C=O) groups is 1. The van der Waals surface area contributed by atoms with Crippen LogP contribution in [-0.4, -0.2) is 57.9 Å². The molecule has 0 bridgehead atoms. The summed E-state index contributed by atoms with van der Waals surface area (Å²) in [5.41, 5.74) is 3.92. The largest absolute Gasteiger partial charge is 0.309 e. The van der Waals surface area contributed by atoms with Crippen LogP contribution in [0, 0.1) is 6.92 Å². The van der Waals surface area contributed by atoms with E-state index in [4.69, 9.17) is 16.6 Å². The van der Waals surface area contributed by atoms with Gasteiger partial charge in [-0.05, 0) is 94.0 Å². The average molecular weight is 569 g/mol. The minimum absolute atomic E-state index is 0.162. The third-order valence-electron chi connectivity index (χ3n) is 6.64. The van der Waals surface area contributed by atoms with Gasteiger partial charge < -0.3 is 4.90 Å². The zero-order chi connectivity index (χ0) is 27.0. The van der Waals surface area contributed by atoms with Crippen molar-refractivity contribution in [3.63, 3.8) is 0 Å². The van der Waals surface area contributed by atoms with Crippen LogP contribution in [0.5, 0.6) is 0 Å². The van der Waals surface area contributed by atoms with Crippen molar-refractivity contribution >= 4 is 59.9 Å². The topological polar surface area (TPSA) is 73.8 Å². The van der Waals surface area contributed by atoms with Gasteiger partial charge in [0.25, 0.3) is 15.9 Å². The molecule has 198 valence electrons. The Kier molecular flexibility index (Phi) is 7.46. The number of rotatable bonds is 8. The molecule has 0 spiro atoms. The van der Waals surface area contributed by atoms with Crippen molar-refractivity contribution in [3.8, 4) is 0 Å². The third kappa shape index (κ3) is 5.16. The predicted octanol–water partition coefficient (Wildman–Crippen LogP) is 5.61. The fraction of sp³-hybridized carbons (Fsp3) is 0.286. The van der Waals surface area contributed by atoms with Crippen LogP contribution in [0.3, 0.4) is 0 Å². The fourth-order valence-corrected chi connectivity index (χ4v) is 7.65. The molecule has 4 aromatic rings. The van der Waals surface area contributed by atoms with Crippen molar-refractivity contribution in [1.29, 1.82) is 0 Å². The third-order valence-corrected chi connectivity index (χ3v) is 9.71. The number of halogens is 1. The van der Waals surface area contributed by atoms with Gasteiger partial charge in [0, 0.05) is 23.7 Å². The summed E-state index contributed by atoms with van der Waals surface area (Å²) in [6.07, 6.45) is 1.44. The lowest BCUT2D eigenvalue weighted by atomic mass is 10.2. The second-order valence-corrected chi connectivity index (χ2v) is 13.0. The summed E-state index contributed by atoms with van der Waals surface area (Å²) in [7, 11) is 0.250. The number of para-hydroxylation sites is 1. The summed E-state index contributed by atoms with van der Waals surface area (Å²) in [5.74, 6) is -0.220. The molecule has 0 saturated heterocycles. The maximum atomic E-state index is 13.7. The van der Waals surface area contributed by atoms with Crippen molar-refractivity contribution in [2.75, 3.05) is 42.9 Å². The van der Waals surface area contributed by atoms with Crippen molar-refractivity contribution < 1.29 is 13.2 Å². The molecule has 1 aliphatic rings. The molecule has 2 heterocycles. The first kappa shape index (κ1) is 26.6. The zero-order valence-electron chi connectivity index (χ0n) is 21.5. The number of sulfonamides is 1. The first-order valence-electron chi connectivity index (χ1n) is 12.4. The SMILES string of the molecule is Cc1cc(Cl)cc2sc(N(CCCN(C)C)C(=O)c3ccc(S(=O)(=O)N4CCc5ccccc54)cc3)nc12. The molecule has 3 aromatic carbocycles. The van der Waals surface area contributed by atoms with E-state index in [0.29, 0.717) is 40.9 Å². The lowest BCUT2D eigenvalue weighted by Crippen LogP contribution is -2.33. The van der Waals surface area contributed by atoms with Crippen molar-refractivity contribution in [2.24, 2.45) is 0 Å². The summed E-state index contributed by atoms with van der Waals surface area (Å²) in [6, 6.07) is 17.5. The van der Waals surface area contributed by atoms with Gasteiger partial charge in [-0.2, -0.15) is 0 Å². The normalized spacial score (nSPS) is 13.3. The summed E-state index contributed by atoms with van der Waals surface area (Å²) in [4.78, 5) is 22.4. The highest BCUT2D eigenvalue weighted by molar-refractivity contribution is 7.92. The molecule has 0 atom stereocenters. The Morgan fingerprint density at radius 2 is 1.82 bits per heavy atom. The van der Waals surface area contributed by atoms with Crippen molar-refractivity contribution in [2.45, 2.75) is 24.7 Å². The Balaban J connectivity index is 1.44.